The van der Waals surface area contributed by atoms with Crippen LogP contribution in [0.25, 0.3) is 21.3 Å². The van der Waals surface area contributed by atoms with Gasteiger partial charge in [0.15, 0.2) is 6.61 Å². The number of carbonyl (C=O) groups excluding carboxylic acids is 3. The number of hydrogen-bond acceptors (Lipinski definition) is 7. The minimum Gasteiger partial charge on any atom is -0.484 e. The molecule has 0 unspecified atom stereocenters. The van der Waals surface area contributed by atoms with Gasteiger partial charge in [0.2, 0.25) is 11.8 Å². The summed E-state index contributed by atoms with van der Waals surface area (Å²) in [5, 5.41) is 0.998. The monoisotopic (exact) mass is 643 g/mol. The first kappa shape index (κ1) is 29.9. The number of benzene rings is 2. The third-order valence-electron chi connectivity index (χ3n) is 7.47. The van der Waals surface area contributed by atoms with E-state index in [4.69, 9.17) is 26.1 Å². The number of imide groups is 1. The Bertz CT molecular complexity index is 1730. The molecule has 0 radical (unpaired) electrons. The van der Waals surface area contributed by atoms with Crippen LogP contribution in [0, 0.1) is 0 Å². The van der Waals surface area contributed by atoms with E-state index in [9.17, 15) is 27.6 Å². The molecule has 0 atom stereocenters. The minimum absolute atomic E-state index is 0.0398. The van der Waals surface area contributed by atoms with Crippen molar-refractivity contribution in [2.75, 3.05) is 13.2 Å². The highest BCUT2D eigenvalue weighted by Crippen LogP contribution is 2.45. The van der Waals surface area contributed by atoms with E-state index in [0.29, 0.717) is 41.2 Å². The predicted octanol–water partition coefficient (Wildman–Crippen LogP) is 6.90. The van der Waals surface area contributed by atoms with Crippen molar-refractivity contribution in [2.45, 2.75) is 45.1 Å². The topological polar surface area (TPSA) is 89.0 Å². The molecule has 0 aliphatic carbocycles. The molecule has 4 aromatic rings. The van der Waals surface area contributed by atoms with Crippen LogP contribution in [-0.4, -0.2) is 52.0 Å². The summed E-state index contributed by atoms with van der Waals surface area (Å²) in [5.74, 6) is -0.579. The third kappa shape index (κ3) is 6.22. The van der Waals surface area contributed by atoms with Gasteiger partial charge in [0.05, 0.1) is 23.8 Å². The van der Waals surface area contributed by atoms with Gasteiger partial charge in [0, 0.05) is 35.2 Å². The summed E-state index contributed by atoms with van der Waals surface area (Å²) in [6, 6.07) is 15.5. The number of aromatic nitrogens is 1. The number of alkyl halides is 3. The molecule has 6 rings (SSSR count). The zero-order valence-corrected chi connectivity index (χ0v) is 24.7. The number of pyridine rings is 1. The molecular weight excluding hydrogens is 619 g/mol. The Labute approximate surface area is 258 Å². The first-order chi connectivity index (χ1) is 21.1. The normalized spacial score (nSPS) is 15.2. The number of halogens is 4. The highest BCUT2D eigenvalue weighted by atomic mass is 35.5. The van der Waals surface area contributed by atoms with E-state index >= 15 is 0 Å². The maximum atomic E-state index is 12.9. The smallest absolute Gasteiger partial charge is 0.422 e. The fourth-order valence-corrected chi connectivity index (χ4v) is 6.90. The lowest BCUT2D eigenvalue weighted by Crippen LogP contribution is -2.35. The maximum absolute atomic E-state index is 12.9. The van der Waals surface area contributed by atoms with Gasteiger partial charge in [0.1, 0.15) is 17.2 Å². The van der Waals surface area contributed by atoms with Crippen LogP contribution in [0.4, 0.5) is 18.0 Å². The van der Waals surface area contributed by atoms with Gasteiger partial charge in [0.25, 0.3) is 0 Å². The average Bonchev–Trinajstić information content (AvgIpc) is 3.53. The van der Waals surface area contributed by atoms with Crippen LogP contribution in [0.1, 0.15) is 34.5 Å². The lowest BCUT2D eigenvalue weighted by Gasteiger charge is -2.26. The van der Waals surface area contributed by atoms with Crippen LogP contribution in [0.2, 0.25) is 5.02 Å². The molecule has 0 bridgehead atoms. The van der Waals surface area contributed by atoms with Crippen molar-refractivity contribution in [3.63, 3.8) is 0 Å². The first-order valence-electron chi connectivity index (χ1n) is 13.8. The molecule has 228 valence electrons. The van der Waals surface area contributed by atoms with E-state index < -0.39 is 18.9 Å². The fraction of sp³-hybridized carbons (Fsp3) is 0.290. The largest absolute Gasteiger partial charge is 0.484 e. The van der Waals surface area contributed by atoms with E-state index in [1.807, 2.05) is 30.3 Å². The van der Waals surface area contributed by atoms with Gasteiger partial charge in [-0.05, 0) is 35.2 Å². The van der Waals surface area contributed by atoms with Crippen molar-refractivity contribution in [3.05, 3.63) is 81.3 Å². The van der Waals surface area contributed by atoms with Crippen LogP contribution >= 0.6 is 22.9 Å². The molecule has 3 amide bonds. The van der Waals surface area contributed by atoms with Gasteiger partial charge in [-0.1, -0.05) is 54.1 Å². The number of ether oxygens (including phenoxy) is 2. The second-order valence-corrected chi connectivity index (χ2v) is 11.9. The van der Waals surface area contributed by atoms with E-state index in [1.165, 1.54) is 23.5 Å². The van der Waals surface area contributed by atoms with Crippen molar-refractivity contribution in [2.24, 2.45) is 0 Å². The van der Waals surface area contributed by atoms with E-state index in [1.54, 1.807) is 17.0 Å². The lowest BCUT2D eigenvalue weighted by atomic mass is 9.96. The molecule has 0 spiro atoms. The Morgan fingerprint density at radius 2 is 1.70 bits per heavy atom. The third-order valence-corrected chi connectivity index (χ3v) is 8.99. The SMILES string of the molecule is O=C(OCc1ccccc1)N1CCc2c(sc3nc(CN4C(=O)CCC4=O)c(Cl)c(-c4ccc(OCC(F)(F)F)cc4)c23)C1. The molecule has 1 saturated heterocycles. The van der Waals surface area contributed by atoms with Gasteiger partial charge in [-0.25, -0.2) is 9.78 Å². The average molecular weight is 644 g/mol. The fourth-order valence-electron chi connectivity index (χ4n) is 5.33. The van der Waals surface area contributed by atoms with Crippen molar-refractivity contribution in [3.8, 4) is 16.9 Å². The van der Waals surface area contributed by atoms with Crippen molar-refractivity contribution >= 4 is 51.1 Å². The summed E-state index contributed by atoms with van der Waals surface area (Å²) >= 11 is 8.35. The Morgan fingerprint density at radius 3 is 2.39 bits per heavy atom. The zero-order chi connectivity index (χ0) is 31.0. The molecule has 13 heteroatoms. The number of nitrogens with zero attached hydrogens (tertiary/aromatic N) is 3. The van der Waals surface area contributed by atoms with E-state index in [0.717, 1.165) is 26.3 Å². The van der Waals surface area contributed by atoms with Crippen LogP contribution in [0.15, 0.2) is 54.6 Å². The molecule has 2 aliphatic heterocycles. The summed E-state index contributed by atoms with van der Waals surface area (Å²) < 4.78 is 48.4. The molecule has 0 saturated carbocycles. The van der Waals surface area contributed by atoms with Crippen LogP contribution in [-0.2, 0) is 40.4 Å². The summed E-state index contributed by atoms with van der Waals surface area (Å²) in [7, 11) is 0. The minimum atomic E-state index is -4.48. The highest BCUT2D eigenvalue weighted by Gasteiger charge is 2.33. The molecule has 2 aliphatic rings. The van der Waals surface area contributed by atoms with Gasteiger partial charge < -0.3 is 14.4 Å². The number of thiophene rings is 1. The quantitative estimate of drug-likeness (QED) is 0.204. The number of carbonyl (C=O) groups is 3. The lowest BCUT2D eigenvalue weighted by molar-refractivity contribution is -0.153. The van der Waals surface area contributed by atoms with Crippen LogP contribution in [0.3, 0.4) is 0 Å². The van der Waals surface area contributed by atoms with Crippen molar-refractivity contribution in [1.82, 2.24) is 14.8 Å². The van der Waals surface area contributed by atoms with E-state index in [-0.39, 0.29) is 48.6 Å². The van der Waals surface area contributed by atoms with Crippen molar-refractivity contribution < 1.29 is 37.0 Å². The number of rotatable bonds is 7. The van der Waals surface area contributed by atoms with Gasteiger partial charge >= 0.3 is 12.3 Å². The molecule has 1 fully saturated rings. The van der Waals surface area contributed by atoms with Gasteiger partial charge in [-0.3, -0.25) is 14.5 Å². The zero-order valence-electron chi connectivity index (χ0n) is 23.2. The first-order valence-corrected chi connectivity index (χ1v) is 15.0. The molecule has 8 nitrogen and oxygen atoms in total. The van der Waals surface area contributed by atoms with Gasteiger partial charge in [-0.2, -0.15) is 13.2 Å². The molecule has 4 heterocycles. The van der Waals surface area contributed by atoms with Gasteiger partial charge in [-0.15, -0.1) is 11.3 Å². The van der Waals surface area contributed by atoms with E-state index in [2.05, 4.69) is 0 Å². The summed E-state index contributed by atoms with van der Waals surface area (Å²) in [5.41, 5.74) is 3.35. The Hall–Kier alpha value is -4.16. The summed E-state index contributed by atoms with van der Waals surface area (Å²) in [6.45, 7) is -0.684. The second-order valence-electron chi connectivity index (χ2n) is 10.4. The maximum Gasteiger partial charge on any atom is 0.422 e. The molecule has 0 N–H and O–H groups in total. The predicted molar refractivity (Wildman–Crippen MR) is 157 cm³/mol. The van der Waals surface area contributed by atoms with Crippen LogP contribution < -0.4 is 4.74 Å². The Kier molecular flexibility index (Phi) is 8.21. The Balaban J connectivity index is 1.34. The number of fused-ring (bicyclic) bond motifs is 3. The number of likely N-dealkylation sites (tertiary alicyclic amines) is 1. The molecule has 44 heavy (non-hydrogen) atoms. The standard InChI is InChI=1S/C31H25ClF3N3O5S/c32-28-22(14-38-24(39)10-11-25(38)40)36-29-27(26(28)19-6-8-20(9-7-19)43-17-31(33,34)35)21-12-13-37(15-23(21)44-29)30(41)42-16-18-4-2-1-3-5-18/h1-9H,10-17H2. The van der Waals surface area contributed by atoms with Crippen LogP contribution in [0.5, 0.6) is 5.75 Å². The summed E-state index contributed by atoms with van der Waals surface area (Å²) in [4.78, 5) is 46.7. The number of hydrogen-bond donors (Lipinski definition) is 0. The summed E-state index contributed by atoms with van der Waals surface area (Å²) in [6.07, 6.45) is -4.18. The van der Waals surface area contributed by atoms with Crippen molar-refractivity contribution in [1.29, 1.82) is 0 Å². The number of amides is 3. The second kappa shape index (κ2) is 12.1. The molecular formula is C31H25ClF3N3O5S. The molecule has 2 aromatic carbocycles. The Morgan fingerprint density at radius 1 is 1.00 bits per heavy atom. The molecule has 2 aromatic heterocycles. The highest BCUT2D eigenvalue weighted by molar-refractivity contribution is 7.19.